The molecule has 1 aromatic rings. The molecule has 2 rings (SSSR count). The van der Waals surface area contributed by atoms with Crippen molar-refractivity contribution in [1.82, 2.24) is 10.2 Å². The van der Waals surface area contributed by atoms with E-state index in [4.69, 9.17) is 5.11 Å². The van der Waals surface area contributed by atoms with Gasteiger partial charge in [0.25, 0.3) is 0 Å². The standard InChI is InChI=1S/C16H18F2N2O4/c1-9(21)19-12(15-10(17)4-2-5-11(15)18)8-14(22)20-7-3-6-13(20)16(23)24/h2,4-5,12-13H,3,6-8H2,1H3,(H,19,21)(H,23,24)/t12-,13+/m1/s1. The number of nitrogens with zero attached hydrogens (tertiary/aromatic N) is 1. The molecule has 1 aliphatic rings. The molecule has 1 aromatic carbocycles. The van der Waals surface area contributed by atoms with Crippen molar-refractivity contribution in [2.24, 2.45) is 0 Å². The molecule has 1 aliphatic heterocycles. The largest absolute Gasteiger partial charge is 0.480 e. The van der Waals surface area contributed by atoms with Crippen molar-refractivity contribution in [3.63, 3.8) is 0 Å². The fraction of sp³-hybridized carbons (Fsp3) is 0.438. The molecule has 0 unspecified atom stereocenters. The van der Waals surface area contributed by atoms with Crippen LogP contribution in [0.15, 0.2) is 18.2 Å². The second-order valence-corrected chi connectivity index (χ2v) is 5.68. The van der Waals surface area contributed by atoms with Crippen LogP contribution in [0.25, 0.3) is 0 Å². The van der Waals surface area contributed by atoms with Crippen LogP contribution in [0.3, 0.4) is 0 Å². The van der Waals surface area contributed by atoms with Crippen LogP contribution < -0.4 is 5.32 Å². The fourth-order valence-corrected chi connectivity index (χ4v) is 2.93. The topological polar surface area (TPSA) is 86.7 Å². The summed E-state index contributed by atoms with van der Waals surface area (Å²) >= 11 is 0. The van der Waals surface area contributed by atoms with Gasteiger partial charge < -0.3 is 15.3 Å². The molecule has 0 radical (unpaired) electrons. The minimum atomic E-state index is -1.20. The number of carbonyl (C=O) groups is 3. The summed E-state index contributed by atoms with van der Waals surface area (Å²) in [5.41, 5.74) is -0.410. The van der Waals surface area contributed by atoms with Gasteiger partial charge in [-0.25, -0.2) is 13.6 Å². The lowest BCUT2D eigenvalue weighted by molar-refractivity contribution is -0.148. The molecule has 0 saturated carbocycles. The molecule has 0 aliphatic carbocycles. The van der Waals surface area contributed by atoms with Crippen LogP contribution in [-0.2, 0) is 14.4 Å². The second kappa shape index (κ2) is 7.37. The Kier molecular flexibility index (Phi) is 5.48. The van der Waals surface area contributed by atoms with Gasteiger partial charge in [0.2, 0.25) is 11.8 Å². The molecule has 6 nitrogen and oxygen atoms in total. The Morgan fingerprint density at radius 1 is 1.33 bits per heavy atom. The number of carboxylic acids is 1. The van der Waals surface area contributed by atoms with Crippen LogP contribution in [0.5, 0.6) is 0 Å². The summed E-state index contributed by atoms with van der Waals surface area (Å²) in [6.07, 6.45) is 0.461. The highest BCUT2D eigenvalue weighted by Crippen LogP contribution is 2.26. The number of benzene rings is 1. The van der Waals surface area contributed by atoms with Crippen molar-refractivity contribution in [3.8, 4) is 0 Å². The van der Waals surface area contributed by atoms with E-state index in [0.717, 1.165) is 12.1 Å². The normalized spacial score (nSPS) is 18.3. The molecule has 1 saturated heterocycles. The van der Waals surface area contributed by atoms with E-state index in [1.54, 1.807) is 0 Å². The minimum absolute atomic E-state index is 0.266. The summed E-state index contributed by atoms with van der Waals surface area (Å²) < 4.78 is 27.9. The summed E-state index contributed by atoms with van der Waals surface area (Å²) in [4.78, 5) is 36.1. The predicted molar refractivity (Wildman–Crippen MR) is 79.9 cm³/mol. The Bertz CT molecular complexity index is 645. The van der Waals surface area contributed by atoms with Gasteiger partial charge in [-0.15, -0.1) is 0 Å². The Hall–Kier alpha value is -2.51. The van der Waals surface area contributed by atoms with Gasteiger partial charge in [0, 0.05) is 19.0 Å². The van der Waals surface area contributed by atoms with Crippen LogP contribution in [0.1, 0.15) is 37.8 Å². The van der Waals surface area contributed by atoms with E-state index in [9.17, 15) is 23.2 Å². The number of likely N-dealkylation sites (tertiary alicyclic amines) is 1. The molecule has 0 bridgehead atoms. The van der Waals surface area contributed by atoms with Gasteiger partial charge in [0.1, 0.15) is 17.7 Å². The molecule has 0 aromatic heterocycles. The second-order valence-electron chi connectivity index (χ2n) is 5.68. The molecule has 2 N–H and O–H groups in total. The van der Waals surface area contributed by atoms with Gasteiger partial charge in [-0.05, 0) is 25.0 Å². The zero-order chi connectivity index (χ0) is 17.9. The molecule has 1 fully saturated rings. The lowest BCUT2D eigenvalue weighted by Gasteiger charge is -2.25. The first-order valence-corrected chi connectivity index (χ1v) is 7.54. The number of hydrogen-bond acceptors (Lipinski definition) is 3. The molecule has 2 amide bonds. The van der Waals surface area contributed by atoms with Gasteiger partial charge >= 0.3 is 5.97 Å². The maximum absolute atomic E-state index is 14.0. The van der Waals surface area contributed by atoms with E-state index in [1.165, 1.54) is 17.9 Å². The van der Waals surface area contributed by atoms with Crippen molar-refractivity contribution < 1.29 is 28.3 Å². The van der Waals surface area contributed by atoms with Crippen molar-refractivity contribution in [2.45, 2.75) is 38.3 Å². The number of carboxylic acid groups (broad SMARTS) is 1. The monoisotopic (exact) mass is 340 g/mol. The van der Waals surface area contributed by atoms with E-state index in [2.05, 4.69) is 5.32 Å². The molecule has 8 heteroatoms. The van der Waals surface area contributed by atoms with E-state index >= 15 is 0 Å². The van der Waals surface area contributed by atoms with Crippen LogP contribution in [0, 0.1) is 11.6 Å². The Morgan fingerprint density at radius 3 is 2.50 bits per heavy atom. The molecule has 130 valence electrons. The van der Waals surface area contributed by atoms with Crippen LogP contribution in [0.2, 0.25) is 0 Å². The Balaban J connectivity index is 2.25. The van der Waals surface area contributed by atoms with Crippen molar-refractivity contribution in [1.29, 1.82) is 0 Å². The zero-order valence-electron chi connectivity index (χ0n) is 13.1. The highest BCUT2D eigenvalue weighted by molar-refractivity contribution is 5.85. The highest BCUT2D eigenvalue weighted by Gasteiger charge is 2.35. The molecular weight excluding hydrogens is 322 g/mol. The van der Waals surface area contributed by atoms with Crippen molar-refractivity contribution in [2.75, 3.05) is 6.54 Å². The molecule has 1 heterocycles. The minimum Gasteiger partial charge on any atom is -0.480 e. The highest BCUT2D eigenvalue weighted by atomic mass is 19.1. The van der Waals surface area contributed by atoms with E-state index < -0.39 is 53.5 Å². The summed E-state index contributed by atoms with van der Waals surface area (Å²) in [5, 5.41) is 11.5. The van der Waals surface area contributed by atoms with Crippen molar-refractivity contribution in [3.05, 3.63) is 35.4 Å². The third kappa shape index (κ3) is 3.87. The van der Waals surface area contributed by atoms with Crippen LogP contribution in [0.4, 0.5) is 8.78 Å². The number of nitrogens with one attached hydrogen (secondary N) is 1. The first kappa shape index (κ1) is 17.8. The molecule has 0 spiro atoms. The molecule has 24 heavy (non-hydrogen) atoms. The molecule has 2 atom stereocenters. The van der Waals surface area contributed by atoms with E-state index in [1.807, 2.05) is 0 Å². The number of rotatable bonds is 5. The predicted octanol–water partition coefficient (Wildman–Crippen LogP) is 1.61. The number of carbonyl (C=O) groups excluding carboxylic acids is 2. The fourth-order valence-electron chi connectivity index (χ4n) is 2.93. The van der Waals surface area contributed by atoms with Crippen molar-refractivity contribution >= 4 is 17.8 Å². The zero-order valence-corrected chi connectivity index (χ0v) is 13.1. The lowest BCUT2D eigenvalue weighted by Crippen LogP contribution is -2.42. The van der Waals surface area contributed by atoms with E-state index in [0.29, 0.717) is 12.8 Å². The summed E-state index contributed by atoms with van der Waals surface area (Å²) in [7, 11) is 0. The molecular formula is C16H18F2N2O4. The van der Waals surface area contributed by atoms with Crippen LogP contribution >= 0.6 is 0 Å². The average molecular weight is 340 g/mol. The lowest BCUT2D eigenvalue weighted by atomic mass is 10.0. The SMILES string of the molecule is CC(=O)N[C@H](CC(=O)N1CCC[C@H]1C(=O)O)c1c(F)cccc1F. The van der Waals surface area contributed by atoms with Crippen LogP contribution in [-0.4, -0.2) is 40.4 Å². The first-order chi connectivity index (χ1) is 11.3. The number of aliphatic carboxylic acids is 1. The van der Waals surface area contributed by atoms with Gasteiger partial charge in [-0.2, -0.15) is 0 Å². The summed E-state index contributed by atoms with van der Waals surface area (Å²) in [6.45, 7) is 1.44. The Morgan fingerprint density at radius 2 is 1.96 bits per heavy atom. The van der Waals surface area contributed by atoms with Gasteiger partial charge in [-0.3, -0.25) is 9.59 Å². The Labute approximate surface area is 137 Å². The quantitative estimate of drug-likeness (QED) is 0.852. The number of amides is 2. The maximum Gasteiger partial charge on any atom is 0.326 e. The third-order valence-corrected chi connectivity index (χ3v) is 3.96. The first-order valence-electron chi connectivity index (χ1n) is 7.54. The number of hydrogen-bond donors (Lipinski definition) is 2. The average Bonchev–Trinajstić information content (AvgIpc) is 2.95. The third-order valence-electron chi connectivity index (χ3n) is 3.96. The van der Waals surface area contributed by atoms with E-state index in [-0.39, 0.29) is 6.54 Å². The van der Waals surface area contributed by atoms with Gasteiger partial charge in [0.15, 0.2) is 0 Å². The smallest absolute Gasteiger partial charge is 0.326 e. The summed E-state index contributed by atoms with van der Waals surface area (Å²) in [6, 6.07) is 1.11. The summed E-state index contributed by atoms with van der Waals surface area (Å²) in [5.74, 6) is -3.99. The number of halogens is 2. The van der Waals surface area contributed by atoms with Gasteiger partial charge in [0.05, 0.1) is 12.5 Å². The maximum atomic E-state index is 14.0. The van der Waals surface area contributed by atoms with Gasteiger partial charge in [-0.1, -0.05) is 6.07 Å².